The summed E-state index contributed by atoms with van der Waals surface area (Å²) in [6, 6.07) is 9.18. The van der Waals surface area contributed by atoms with Crippen LogP contribution in [0.1, 0.15) is 12.0 Å². The fourth-order valence-corrected chi connectivity index (χ4v) is 1.40. The van der Waals surface area contributed by atoms with E-state index in [1.54, 1.807) is 11.4 Å². The van der Waals surface area contributed by atoms with Gasteiger partial charge in [-0.2, -0.15) is 13.2 Å². The van der Waals surface area contributed by atoms with Gasteiger partial charge in [-0.15, -0.1) is 0 Å². The average molecular weight is 300 g/mol. The standard InChI is InChI=1S/C14H15F3N2O2/c15-14(16,17)13(21)19-10-4-9-18-12(20)8-7-11-5-2-1-3-6-11/h1-3,5-8H,4,9-10H2,(H,18,20)(H,19,21)/b8-7+. The number of hydrogen-bond acceptors (Lipinski definition) is 2. The van der Waals surface area contributed by atoms with Crippen molar-refractivity contribution in [2.45, 2.75) is 12.6 Å². The number of rotatable bonds is 6. The van der Waals surface area contributed by atoms with E-state index in [0.717, 1.165) is 5.56 Å². The first kappa shape index (κ1) is 16.7. The van der Waals surface area contributed by atoms with Crippen LogP contribution in [-0.4, -0.2) is 31.1 Å². The topological polar surface area (TPSA) is 58.2 Å². The molecule has 4 nitrogen and oxygen atoms in total. The van der Waals surface area contributed by atoms with Gasteiger partial charge >= 0.3 is 12.1 Å². The molecule has 114 valence electrons. The molecule has 0 saturated carbocycles. The highest BCUT2D eigenvalue weighted by Gasteiger charge is 2.38. The fraction of sp³-hybridized carbons (Fsp3) is 0.286. The summed E-state index contributed by atoms with van der Waals surface area (Å²) in [7, 11) is 0. The molecule has 0 radical (unpaired) electrons. The van der Waals surface area contributed by atoms with E-state index in [1.807, 2.05) is 30.3 Å². The molecular weight excluding hydrogens is 285 g/mol. The van der Waals surface area contributed by atoms with Crippen molar-refractivity contribution in [2.24, 2.45) is 0 Å². The van der Waals surface area contributed by atoms with Crippen LogP contribution in [0, 0.1) is 0 Å². The van der Waals surface area contributed by atoms with Gasteiger partial charge in [-0.3, -0.25) is 9.59 Å². The summed E-state index contributed by atoms with van der Waals surface area (Å²) in [4.78, 5) is 21.9. The monoisotopic (exact) mass is 300 g/mol. The summed E-state index contributed by atoms with van der Waals surface area (Å²) in [5, 5.41) is 4.23. The number of carbonyl (C=O) groups excluding carboxylic acids is 2. The first-order valence-electron chi connectivity index (χ1n) is 6.25. The van der Waals surface area contributed by atoms with Crippen LogP contribution in [0.15, 0.2) is 36.4 Å². The number of hydrogen-bond donors (Lipinski definition) is 2. The van der Waals surface area contributed by atoms with Gasteiger partial charge in [0.05, 0.1) is 0 Å². The summed E-state index contributed by atoms with van der Waals surface area (Å²) in [6.45, 7) is 0.0249. The first-order chi connectivity index (χ1) is 9.89. The van der Waals surface area contributed by atoms with Crippen molar-refractivity contribution in [1.82, 2.24) is 10.6 Å². The van der Waals surface area contributed by atoms with Crippen molar-refractivity contribution >= 4 is 17.9 Å². The predicted octanol–water partition coefficient (Wildman–Crippen LogP) is 1.88. The minimum Gasteiger partial charge on any atom is -0.352 e. The second kappa shape index (κ2) is 8.08. The molecule has 1 aromatic rings. The molecule has 0 spiro atoms. The summed E-state index contributed by atoms with van der Waals surface area (Å²) >= 11 is 0. The van der Waals surface area contributed by atoms with Crippen molar-refractivity contribution in [2.75, 3.05) is 13.1 Å². The minimum atomic E-state index is -4.87. The van der Waals surface area contributed by atoms with Gasteiger partial charge < -0.3 is 10.6 Å². The van der Waals surface area contributed by atoms with Crippen molar-refractivity contribution in [1.29, 1.82) is 0 Å². The van der Waals surface area contributed by atoms with E-state index in [0.29, 0.717) is 0 Å². The van der Waals surface area contributed by atoms with Crippen LogP contribution in [-0.2, 0) is 9.59 Å². The molecule has 21 heavy (non-hydrogen) atoms. The highest BCUT2D eigenvalue weighted by molar-refractivity contribution is 5.91. The number of carbonyl (C=O) groups is 2. The molecule has 0 fully saturated rings. The molecule has 0 atom stereocenters. The van der Waals surface area contributed by atoms with Gasteiger partial charge in [-0.05, 0) is 18.1 Å². The predicted molar refractivity (Wildman–Crippen MR) is 72.2 cm³/mol. The smallest absolute Gasteiger partial charge is 0.352 e. The second-order valence-electron chi connectivity index (χ2n) is 4.14. The molecule has 0 aliphatic heterocycles. The molecule has 1 rings (SSSR count). The van der Waals surface area contributed by atoms with Crippen molar-refractivity contribution in [3.05, 3.63) is 42.0 Å². The Labute approximate surface area is 120 Å². The second-order valence-corrected chi connectivity index (χ2v) is 4.14. The van der Waals surface area contributed by atoms with E-state index >= 15 is 0 Å². The van der Waals surface area contributed by atoms with Gasteiger partial charge in [-0.25, -0.2) is 0 Å². The van der Waals surface area contributed by atoms with Gasteiger partial charge in [-0.1, -0.05) is 30.3 Å². The van der Waals surface area contributed by atoms with E-state index in [9.17, 15) is 22.8 Å². The SMILES string of the molecule is O=C(/C=C/c1ccccc1)NCCCNC(=O)C(F)(F)F. The maximum Gasteiger partial charge on any atom is 0.471 e. The highest BCUT2D eigenvalue weighted by Crippen LogP contribution is 2.13. The number of halogens is 3. The van der Waals surface area contributed by atoms with Crippen LogP contribution < -0.4 is 10.6 Å². The van der Waals surface area contributed by atoms with Crippen molar-refractivity contribution in [3.63, 3.8) is 0 Å². The maximum atomic E-state index is 11.9. The third-order valence-corrected chi connectivity index (χ3v) is 2.42. The third kappa shape index (κ3) is 7.14. The molecule has 0 aliphatic carbocycles. The lowest BCUT2D eigenvalue weighted by Crippen LogP contribution is -2.38. The van der Waals surface area contributed by atoms with E-state index in [4.69, 9.17) is 0 Å². The molecule has 0 aromatic heterocycles. The molecule has 0 saturated heterocycles. The lowest BCUT2D eigenvalue weighted by molar-refractivity contribution is -0.173. The van der Waals surface area contributed by atoms with E-state index in [-0.39, 0.29) is 25.4 Å². The summed E-state index contributed by atoms with van der Waals surface area (Å²) in [5.41, 5.74) is 0.866. The van der Waals surface area contributed by atoms with E-state index < -0.39 is 12.1 Å². The molecule has 2 amide bonds. The van der Waals surface area contributed by atoms with Gasteiger partial charge in [0.25, 0.3) is 0 Å². The Kier molecular flexibility index (Phi) is 6.45. The zero-order chi connectivity index (χ0) is 15.7. The van der Waals surface area contributed by atoms with E-state index in [1.165, 1.54) is 6.08 Å². The van der Waals surface area contributed by atoms with Crippen molar-refractivity contribution in [3.8, 4) is 0 Å². The summed E-state index contributed by atoms with van der Waals surface area (Å²) in [5.74, 6) is -2.32. The molecule has 0 aliphatic rings. The van der Waals surface area contributed by atoms with Crippen LogP contribution in [0.2, 0.25) is 0 Å². The van der Waals surface area contributed by atoms with Crippen LogP contribution in [0.4, 0.5) is 13.2 Å². The van der Waals surface area contributed by atoms with Gasteiger partial charge in [0.15, 0.2) is 0 Å². The Morgan fingerprint density at radius 2 is 1.67 bits per heavy atom. The fourth-order valence-electron chi connectivity index (χ4n) is 1.40. The quantitative estimate of drug-likeness (QED) is 0.622. The molecule has 0 bridgehead atoms. The lowest BCUT2D eigenvalue weighted by Gasteiger charge is -2.07. The largest absolute Gasteiger partial charge is 0.471 e. The Balaban J connectivity index is 2.17. The van der Waals surface area contributed by atoms with Crippen LogP contribution in [0.25, 0.3) is 6.08 Å². The summed E-state index contributed by atoms with van der Waals surface area (Å²) < 4.78 is 35.6. The van der Waals surface area contributed by atoms with E-state index in [2.05, 4.69) is 5.32 Å². The van der Waals surface area contributed by atoms with Gasteiger partial charge in [0.1, 0.15) is 0 Å². The lowest BCUT2D eigenvalue weighted by atomic mass is 10.2. The maximum absolute atomic E-state index is 11.9. The summed E-state index contributed by atoms with van der Waals surface area (Å²) in [6.07, 6.45) is -1.70. The zero-order valence-corrected chi connectivity index (χ0v) is 11.1. The molecule has 0 heterocycles. The van der Waals surface area contributed by atoms with Crippen LogP contribution >= 0.6 is 0 Å². The zero-order valence-electron chi connectivity index (χ0n) is 11.1. The third-order valence-electron chi connectivity index (χ3n) is 2.42. The van der Waals surface area contributed by atoms with Gasteiger partial charge in [0, 0.05) is 19.2 Å². The Morgan fingerprint density at radius 3 is 2.29 bits per heavy atom. The van der Waals surface area contributed by atoms with Gasteiger partial charge in [0.2, 0.25) is 5.91 Å². The first-order valence-corrected chi connectivity index (χ1v) is 6.25. The molecule has 1 aromatic carbocycles. The number of nitrogens with one attached hydrogen (secondary N) is 2. The number of benzene rings is 1. The number of alkyl halides is 3. The normalized spacial score (nSPS) is 11.4. The molecule has 0 unspecified atom stereocenters. The Bertz CT molecular complexity index is 499. The number of amides is 2. The Morgan fingerprint density at radius 1 is 1.05 bits per heavy atom. The molecule has 7 heteroatoms. The van der Waals surface area contributed by atoms with Crippen LogP contribution in [0.3, 0.4) is 0 Å². The Hall–Kier alpha value is -2.31. The minimum absolute atomic E-state index is 0.152. The van der Waals surface area contributed by atoms with Crippen molar-refractivity contribution < 1.29 is 22.8 Å². The average Bonchev–Trinajstić information content (AvgIpc) is 2.44. The molecule has 2 N–H and O–H groups in total. The van der Waals surface area contributed by atoms with Crippen LogP contribution in [0.5, 0.6) is 0 Å². The molecular formula is C14H15F3N2O2. The highest BCUT2D eigenvalue weighted by atomic mass is 19.4.